The first kappa shape index (κ1) is 16.0. The van der Waals surface area contributed by atoms with E-state index < -0.39 is 0 Å². The monoisotopic (exact) mass is 397 g/mol. The minimum absolute atomic E-state index is 0.164. The van der Waals surface area contributed by atoms with Crippen molar-refractivity contribution in [1.82, 2.24) is 10.1 Å². The first-order valence-corrected chi connectivity index (χ1v) is 8.91. The number of hydrogen-bond donors (Lipinski definition) is 1. The molecule has 126 valence electrons. The molecule has 1 N–H and O–H groups in total. The number of rotatable bonds is 4. The van der Waals surface area contributed by atoms with E-state index in [9.17, 15) is 4.79 Å². The highest BCUT2D eigenvalue weighted by molar-refractivity contribution is 9.10. The Kier molecular flexibility index (Phi) is 4.13. The van der Waals surface area contributed by atoms with Crippen LogP contribution in [0.1, 0.15) is 40.6 Å². The SMILES string of the molecule is Cc1ccc(NC(=O)c2ccc(-c3noc(C4CC4)n3)cc2)c(Br)c1. The lowest BCUT2D eigenvalue weighted by atomic mass is 10.1. The van der Waals surface area contributed by atoms with Crippen molar-refractivity contribution in [3.63, 3.8) is 0 Å². The summed E-state index contributed by atoms with van der Waals surface area (Å²) in [5.74, 6) is 1.54. The topological polar surface area (TPSA) is 68.0 Å². The van der Waals surface area contributed by atoms with E-state index in [1.807, 2.05) is 37.3 Å². The van der Waals surface area contributed by atoms with Gasteiger partial charge in [0.25, 0.3) is 5.91 Å². The molecule has 1 heterocycles. The molecule has 25 heavy (non-hydrogen) atoms. The smallest absolute Gasteiger partial charge is 0.255 e. The van der Waals surface area contributed by atoms with Gasteiger partial charge >= 0.3 is 0 Å². The van der Waals surface area contributed by atoms with Gasteiger partial charge < -0.3 is 9.84 Å². The molecule has 0 atom stereocenters. The zero-order valence-electron chi connectivity index (χ0n) is 13.6. The Morgan fingerprint density at radius 1 is 1.20 bits per heavy atom. The molecule has 0 spiro atoms. The summed E-state index contributed by atoms with van der Waals surface area (Å²) in [7, 11) is 0. The van der Waals surface area contributed by atoms with Gasteiger partial charge in [-0.15, -0.1) is 0 Å². The van der Waals surface area contributed by atoms with E-state index in [1.165, 1.54) is 0 Å². The number of nitrogens with one attached hydrogen (secondary N) is 1. The lowest BCUT2D eigenvalue weighted by molar-refractivity contribution is 0.102. The molecule has 1 aliphatic carbocycles. The van der Waals surface area contributed by atoms with Gasteiger partial charge in [-0.2, -0.15) is 4.98 Å². The molecule has 5 nitrogen and oxygen atoms in total. The van der Waals surface area contributed by atoms with Gasteiger partial charge in [-0.05, 0) is 65.5 Å². The van der Waals surface area contributed by atoms with Gasteiger partial charge in [0.2, 0.25) is 11.7 Å². The van der Waals surface area contributed by atoms with E-state index in [1.54, 1.807) is 12.1 Å². The van der Waals surface area contributed by atoms with E-state index in [-0.39, 0.29) is 5.91 Å². The predicted molar refractivity (Wildman–Crippen MR) is 98.5 cm³/mol. The van der Waals surface area contributed by atoms with Crippen molar-refractivity contribution >= 4 is 27.5 Å². The van der Waals surface area contributed by atoms with E-state index in [4.69, 9.17) is 4.52 Å². The summed E-state index contributed by atoms with van der Waals surface area (Å²) in [6.45, 7) is 2.00. The third-order valence-corrected chi connectivity index (χ3v) is 4.80. The lowest BCUT2D eigenvalue weighted by Gasteiger charge is -2.08. The van der Waals surface area contributed by atoms with Gasteiger partial charge in [0.15, 0.2) is 0 Å². The number of aromatic nitrogens is 2. The molecule has 1 amide bonds. The molecule has 4 rings (SSSR count). The molecule has 0 saturated heterocycles. The van der Waals surface area contributed by atoms with Crippen molar-refractivity contribution in [3.8, 4) is 11.4 Å². The fourth-order valence-electron chi connectivity index (χ4n) is 2.54. The van der Waals surface area contributed by atoms with Crippen LogP contribution in [0.4, 0.5) is 5.69 Å². The highest BCUT2D eigenvalue weighted by Gasteiger charge is 2.29. The summed E-state index contributed by atoms with van der Waals surface area (Å²) >= 11 is 3.47. The number of aryl methyl sites for hydroxylation is 1. The van der Waals surface area contributed by atoms with Crippen LogP contribution in [0.15, 0.2) is 51.5 Å². The third-order valence-electron chi connectivity index (χ3n) is 4.15. The number of halogens is 1. The highest BCUT2D eigenvalue weighted by Crippen LogP contribution is 2.39. The van der Waals surface area contributed by atoms with Crippen LogP contribution in [0.5, 0.6) is 0 Å². The van der Waals surface area contributed by atoms with E-state index in [2.05, 4.69) is 31.4 Å². The molecular formula is C19H16BrN3O2. The Labute approximate surface area is 153 Å². The predicted octanol–water partition coefficient (Wildman–Crippen LogP) is 4.94. The maximum atomic E-state index is 12.4. The number of amides is 1. The number of benzene rings is 2. The molecule has 0 bridgehead atoms. The van der Waals surface area contributed by atoms with Crippen LogP contribution in [-0.2, 0) is 0 Å². The minimum Gasteiger partial charge on any atom is -0.339 e. The normalized spacial score (nSPS) is 13.7. The Morgan fingerprint density at radius 2 is 1.96 bits per heavy atom. The van der Waals surface area contributed by atoms with Crippen molar-refractivity contribution in [2.45, 2.75) is 25.7 Å². The average molecular weight is 398 g/mol. The second-order valence-corrected chi connectivity index (χ2v) is 7.10. The van der Waals surface area contributed by atoms with Crippen LogP contribution < -0.4 is 5.32 Å². The first-order chi connectivity index (χ1) is 12.1. The largest absolute Gasteiger partial charge is 0.339 e. The van der Waals surface area contributed by atoms with Crippen molar-refractivity contribution in [1.29, 1.82) is 0 Å². The summed E-state index contributed by atoms with van der Waals surface area (Å²) in [6, 6.07) is 13.0. The van der Waals surface area contributed by atoms with Gasteiger partial charge in [0, 0.05) is 21.5 Å². The molecule has 2 aromatic carbocycles. The molecule has 0 unspecified atom stereocenters. The van der Waals surface area contributed by atoms with Gasteiger partial charge in [-0.3, -0.25) is 4.79 Å². The molecular weight excluding hydrogens is 382 g/mol. The van der Waals surface area contributed by atoms with Crippen LogP contribution in [0, 0.1) is 6.92 Å². The van der Waals surface area contributed by atoms with Gasteiger partial charge in [0.1, 0.15) is 0 Å². The summed E-state index contributed by atoms with van der Waals surface area (Å²) in [6.07, 6.45) is 2.24. The van der Waals surface area contributed by atoms with Gasteiger partial charge in [0.05, 0.1) is 5.69 Å². The Hall–Kier alpha value is -2.47. The molecule has 1 fully saturated rings. The molecule has 3 aromatic rings. The van der Waals surface area contributed by atoms with Crippen molar-refractivity contribution < 1.29 is 9.32 Å². The maximum absolute atomic E-state index is 12.4. The average Bonchev–Trinajstić information content (AvgIpc) is 3.34. The Morgan fingerprint density at radius 3 is 2.64 bits per heavy atom. The number of nitrogens with zero attached hydrogens (tertiary/aromatic N) is 2. The zero-order valence-corrected chi connectivity index (χ0v) is 15.2. The van der Waals surface area contributed by atoms with E-state index >= 15 is 0 Å². The van der Waals surface area contributed by atoms with Crippen LogP contribution in [0.3, 0.4) is 0 Å². The Bertz CT molecular complexity index is 930. The van der Waals surface area contributed by atoms with E-state index in [0.717, 1.165) is 34.1 Å². The van der Waals surface area contributed by atoms with Gasteiger partial charge in [-0.25, -0.2) is 0 Å². The van der Waals surface area contributed by atoms with Crippen LogP contribution in [0.25, 0.3) is 11.4 Å². The molecule has 0 aliphatic heterocycles. The summed E-state index contributed by atoms with van der Waals surface area (Å²) in [5, 5.41) is 6.92. The fraction of sp³-hybridized carbons (Fsp3) is 0.211. The lowest BCUT2D eigenvalue weighted by Crippen LogP contribution is -2.12. The second-order valence-electron chi connectivity index (χ2n) is 6.25. The molecule has 1 saturated carbocycles. The van der Waals surface area contributed by atoms with Gasteiger partial charge in [-0.1, -0.05) is 23.4 Å². The van der Waals surface area contributed by atoms with Crippen LogP contribution in [0.2, 0.25) is 0 Å². The number of anilines is 1. The maximum Gasteiger partial charge on any atom is 0.255 e. The zero-order chi connectivity index (χ0) is 17.4. The van der Waals surface area contributed by atoms with Crippen molar-refractivity contribution in [3.05, 3.63) is 64.0 Å². The van der Waals surface area contributed by atoms with Crippen molar-refractivity contribution in [2.24, 2.45) is 0 Å². The number of carbonyl (C=O) groups excluding carboxylic acids is 1. The molecule has 6 heteroatoms. The van der Waals surface area contributed by atoms with Crippen molar-refractivity contribution in [2.75, 3.05) is 5.32 Å². The highest BCUT2D eigenvalue weighted by atomic mass is 79.9. The molecule has 0 radical (unpaired) electrons. The van der Waals surface area contributed by atoms with Crippen LogP contribution in [-0.4, -0.2) is 16.0 Å². The standard InChI is InChI=1S/C19H16BrN3O2/c1-11-2-9-16(15(20)10-11)21-18(24)13-5-3-12(4-6-13)17-22-19(25-23-17)14-7-8-14/h2-6,9-10,14H,7-8H2,1H3,(H,21,24). The number of carbonyl (C=O) groups is 1. The molecule has 1 aromatic heterocycles. The minimum atomic E-state index is -0.164. The summed E-state index contributed by atoms with van der Waals surface area (Å²) in [5.41, 5.74) is 3.28. The third kappa shape index (κ3) is 3.49. The Balaban J connectivity index is 1.49. The molecule has 1 aliphatic rings. The van der Waals surface area contributed by atoms with E-state index in [0.29, 0.717) is 23.2 Å². The fourth-order valence-corrected chi connectivity index (χ4v) is 3.13. The van der Waals surface area contributed by atoms with Crippen LogP contribution >= 0.6 is 15.9 Å². The second kappa shape index (κ2) is 6.44. The number of hydrogen-bond acceptors (Lipinski definition) is 4. The summed E-state index contributed by atoms with van der Waals surface area (Å²) < 4.78 is 6.14. The quantitative estimate of drug-likeness (QED) is 0.676. The summed E-state index contributed by atoms with van der Waals surface area (Å²) in [4.78, 5) is 16.8. The first-order valence-electron chi connectivity index (χ1n) is 8.12.